The lowest BCUT2D eigenvalue weighted by Crippen LogP contribution is -2.32. The summed E-state index contributed by atoms with van der Waals surface area (Å²) in [5.41, 5.74) is 1.85. The van der Waals surface area contributed by atoms with Crippen molar-refractivity contribution >= 4 is 40.7 Å². The van der Waals surface area contributed by atoms with Gasteiger partial charge < -0.3 is 5.32 Å². The Kier molecular flexibility index (Phi) is 7.66. The van der Waals surface area contributed by atoms with Gasteiger partial charge in [0.15, 0.2) is 0 Å². The van der Waals surface area contributed by atoms with E-state index in [1.807, 2.05) is 13.8 Å². The number of hydrogen-bond donors (Lipinski definition) is 1. The average Bonchev–Trinajstić information content (AvgIpc) is 2.82. The Hall–Kier alpha value is -2.08. The number of nitrogens with one attached hydrogen (secondary N) is 1. The van der Waals surface area contributed by atoms with Gasteiger partial charge in [0, 0.05) is 24.4 Å². The van der Waals surface area contributed by atoms with E-state index in [4.69, 9.17) is 0 Å². The third-order valence-corrected chi connectivity index (χ3v) is 5.29. The first-order chi connectivity index (χ1) is 12.8. The number of hydrogen-bond acceptors (Lipinski definition) is 4. The lowest BCUT2D eigenvalue weighted by Gasteiger charge is -2.15. The topological polar surface area (TPSA) is 66.5 Å². The molecule has 0 unspecified atom stereocenters. The van der Waals surface area contributed by atoms with Crippen molar-refractivity contribution in [1.29, 1.82) is 0 Å². The van der Waals surface area contributed by atoms with E-state index >= 15 is 0 Å². The van der Waals surface area contributed by atoms with Crippen molar-refractivity contribution in [2.75, 3.05) is 11.9 Å². The maximum Gasteiger partial charge on any atom is 0.267 e. The third-order valence-electron chi connectivity index (χ3n) is 4.21. The Morgan fingerprint density at radius 2 is 1.74 bits per heavy atom. The fraction of sp³-hybridized carbons (Fsp3) is 0.476. The molecule has 0 saturated heterocycles. The fourth-order valence-electron chi connectivity index (χ4n) is 2.98. The van der Waals surface area contributed by atoms with Crippen LogP contribution in [0.15, 0.2) is 29.2 Å². The molecule has 0 aliphatic carbocycles. The van der Waals surface area contributed by atoms with Gasteiger partial charge in [-0.3, -0.25) is 19.3 Å². The minimum Gasteiger partial charge on any atom is -0.326 e. The van der Waals surface area contributed by atoms with Crippen molar-refractivity contribution < 1.29 is 14.4 Å². The maximum atomic E-state index is 13.0. The number of carbonyl (C=O) groups is 3. The molecule has 2 rings (SSSR count). The number of thioether (sulfide) groups is 1. The minimum atomic E-state index is -0.216. The zero-order chi connectivity index (χ0) is 20.0. The average molecular weight is 389 g/mol. The molecule has 1 N–H and O–H groups in total. The Balaban J connectivity index is 2.28. The zero-order valence-electron chi connectivity index (χ0n) is 16.5. The van der Waals surface area contributed by atoms with Gasteiger partial charge in [0.05, 0.1) is 10.5 Å². The molecule has 6 heteroatoms. The Morgan fingerprint density at radius 1 is 1.07 bits per heavy atom. The number of rotatable bonds is 9. The van der Waals surface area contributed by atoms with E-state index in [0.29, 0.717) is 28.3 Å². The summed E-state index contributed by atoms with van der Waals surface area (Å²) in [5.74, 6) is -0.550. The maximum absolute atomic E-state index is 13.0. The smallest absolute Gasteiger partial charge is 0.267 e. The van der Waals surface area contributed by atoms with Crippen LogP contribution in [0.5, 0.6) is 0 Å². The standard InChI is InChI=1S/C21H28N2O3S/c1-5-6-7-8-13-23-20(25)18(19(21(23)26)27-14(2)3)16-9-11-17(12-10-16)22-15(4)24/h9-12,14H,5-8,13H2,1-4H3,(H,22,24). The lowest BCUT2D eigenvalue weighted by atomic mass is 10.1. The van der Waals surface area contributed by atoms with Gasteiger partial charge >= 0.3 is 0 Å². The highest BCUT2D eigenvalue weighted by molar-refractivity contribution is 8.04. The van der Waals surface area contributed by atoms with Crippen LogP contribution in [0, 0.1) is 0 Å². The van der Waals surface area contributed by atoms with Crippen molar-refractivity contribution in [2.24, 2.45) is 0 Å². The van der Waals surface area contributed by atoms with Crippen LogP contribution in [0.1, 0.15) is 58.9 Å². The second kappa shape index (κ2) is 9.74. The number of amides is 3. The molecular formula is C21H28N2O3S. The van der Waals surface area contributed by atoms with Crippen LogP contribution < -0.4 is 5.32 Å². The largest absolute Gasteiger partial charge is 0.326 e. The van der Waals surface area contributed by atoms with E-state index in [2.05, 4.69) is 12.2 Å². The monoisotopic (exact) mass is 388 g/mol. The van der Waals surface area contributed by atoms with Gasteiger partial charge in [-0.2, -0.15) is 0 Å². The normalized spacial score (nSPS) is 14.5. The van der Waals surface area contributed by atoms with Gasteiger partial charge in [-0.05, 0) is 24.1 Å². The zero-order valence-corrected chi connectivity index (χ0v) is 17.3. The van der Waals surface area contributed by atoms with E-state index in [0.717, 1.165) is 25.7 Å². The van der Waals surface area contributed by atoms with Crippen molar-refractivity contribution in [3.8, 4) is 0 Å². The quantitative estimate of drug-likeness (QED) is 0.501. The first-order valence-corrected chi connectivity index (χ1v) is 10.4. The predicted octanol–water partition coefficient (Wildman–Crippen LogP) is 4.45. The molecular weight excluding hydrogens is 360 g/mol. The van der Waals surface area contributed by atoms with E-state index < -0.39 is 0 Å². The SMILES string of the molecule is CCCCCCN1C(=O)C(SC(C)C)=C(c2ccc(NC(C)=O)cc2)C1=O. The summed E-state index contributed by atoms with van der Waals surface area (Å²) >= 11 is 1.44. The van der Waals surface area contributed by atoms with Crippen molar-refractivity contribution in [1.82, 2.24) is 4.90 Å². The Morgan fingerprint density at radius 3 is 2.30 bits per heavy atom. The molecule has 0 atom stereocenters. The molecule has 0 fully saturated rings. The number of unbranched alkanes of at least 4 members (excludes halogenated alkanes) is 3. The van der Waals surface area contributed by atoms with E-state index in [-0.39, 0.29) is 23.0 Å². The summed E-state index contributed by atoms with van der Waals surface area (Å²) in [7, 11) is 0. The lowest BCUT2D eigenvalue weighted by molar-refractivity contribution is -0.136. The molecule has 5 nitrogen and oxygen atoms in total. The number of nitrogens with zero attached hydrogens (tertiary/aromatic N) is 1. The summed E-state index contributed by atoms with van der Waals surface area (Å²) in [6.07, 6.45) is 4.07. The molecule has 27 heavy (non-hydrogen) atoms. The predicted molar refractivity (Wildman–Crippen MR) is 111 cm³/mol. The van der Waals surface area contributed by atoms with Gasteiger partial charge in [-0.25, -0.2) is 0 Å². The van der Waals surface area contributed by atoms with Crippen LogP contribution in [-0.4, -0.2) is 34.4 Å². The molecule has 1 aliphatic rings. The Bertz CT molecular complexity index is 738. The van der Waals surface area contributed by atoms with Crippen LogP contribution in [0.3, 0.4) is 0 Å². The van der Waals surface area contributed by atoms with Gasteiger partial charge in [-0.1, -0.05) is 52.2 Å². The van der Waals surface area contributed by atoms with Crippen LogP contribution in [0.25, 0.3) is 5.57 Å². The molecule has 0 bridgehead atoms. The molecule has 3 amide bonds. The molecule has 0 radical (unpaired) electrons. The minimum absolute atomic E-state index is 0.150. The summed E-state index contributed by atoms with van der Waals surface area (Å²) < 4.78 is 0. The Labute approximate surface area is 165 Å². The number of carbonyl (C=O) groups excluding carboxylic acids is 3. The molecule has 1 aliphatic heterocycles. The van der Waals surface area contributed by atoms with Gasteiger partial charge in [0.25, 0.3) is 11.8 Å². The molecule has 1 heterocycles. The van der Waals surface area contributed by atoms with Gasteiger partial charge in [0.2, 0.25) is 5.91 Å². The van der Waals surface area contributed by atoms with Crippen LogP contribution in [-0.2, 0) is 14.4 Å². The summed E-state index contributed by atoms with van der Waals surface area (Å²) in [4.78, 5) is 39.0. The highest BCUT2D eigenvalue weighted by Gasteiger charge is 2.39. The molecule has 146 valence electrons. The fourth-order valence-corrected chi connectivity index (χ4v) is 3.98. The highest BCUT2D eigenvalue weighted by Crippen LogP contribution is 2.38. The van der Waals surface area contributed by atoms with Gasteiger partial charge in [-0.15, -0.1) is 11.8 Å². The molecule has 1 aromatic carbocycles. The van der Waals surface area contributed by atoms with Crippen LogP contribution in [0.4, 0.5) is 5.69 Å². The first-order valence-electron chi connectivity index (χ1n) is 9.50. The highest BCUT2D eigenvalue weighted by atomic mass is 32.2. The second-order valence-corrected chi connectivity index (χ2v) is 8.54. The van der Waals surface area contributed by atoms with Crippen LogP contribution >= 0.6 is 11.8 Å². The third kappa shape index (κ3) is 5.45. The van der Waals surface area contributed by atoms with E-state index in [1.165, 1.54) is 23.6 Å². The van der Waals surface area contributed by atoms with E-state index in [9.17, 15) is 14.4 Å². The van der Waals surface area contributed by atoms with Crippen molar-refractivity contribution in [2.45, 2.75) is 58.6 Å². The second-order valence-electron chi connectivity index (χ2n) is 6.95. The molecule has 0 aromatic heterocycles. The number of benzene rings is 1. The first kappa shape index (κ1) is 21.2. The number of imide groups is 1. The summed E-state index contributed by atoms with van der Waals surface area (Å²) in [6, 6.07) is 7.08. The molecule has 0 saturated carbocycles. The van der Waals surface area contributed by atoms with Crippen molar-refractivity contribution in [3.05, 3.63) is 34.7 Å². The number of anilines is 1. The summed E-state index contributed by atoms with van der Waals surface area (Å²) in [5, 5.41) is 2.91. The molecule has 0 spiro atoms. The van der Waals surface area contributed by atoms with E-state index in [1.54, 1.807) is 24.3 Å². The van der Waals surface area contributed by atoms with Crippen LogP contribution in [0.2, 0.25) is 0 Å². The summed E-state index contributed by atoms with van der Waals surface area (Å²) in [6.45, 7) is 8.07. The molecule has 1 aromatic rings. The van der Waals surface area contributed by atoms with Gasteiger partial charge in [0.1, 0.15) is 0 Å². The van der Waals surface area contributed by atoms with Crippen molar-refractivity contribution in [3.63, 3.8) is 0 Å².